The Labute approximate surface area is 80.1 Å². The van der Waals surface area contributed by atoms with Crippen LogP contribution in [0.2, 0.25) is 0 Å². The average Bonchev–Trinajstić information content (AvgIpc) is 2.48. The molecule has 0 amide bonds. The molecule has 1 unspecified atom stereocenters. The molecule has 0 radical (unpaired) electrons. The quantitative estimate of drug-likeness (QED) is 0.699. The summed E-state index contributed by atoms with van der Waals surface area (Å²) in [4.78, 5) is 0. The van der Waals surface area contributed by atoms with Crippen molar-refractivity contribution < 1.29 is 9.47 Å². The minimum absolute atomic E-state index is 0.186. The van der Waals surface area contributed by atoms with E-state index in [1.54, 1.807) is 26.0 Å². The van der Waals surface area contributed by atoms with Crippen LogP contribution in [0.1, 0.15) is 0 Å². The van der Waals surface area contributed by atoms with Crippen molar-refractivity contribution in [3.63, 3.8) is 0 Å². The Balaban J connectivity index is 2.53. The van der Waals surface area contributed by atoms with Gasteiger partial charge in [-0.15, -0.1) is 22.2 Å². The molecule has 0 bridgehead atoms. The molecule has 0 spiro atoms. The van der Waals surface area contributed by atoms with Crippen LogP contribution in [0.25, 0.3) is 0 Å². The Bertz CT molecular complexity index is 184. The molecule has 0 aromatic carbocycles. The summed E-state index contributed by atoms with van der Waals surface area (Å²) in [6, 6.07) is 0. The molecule has 12 heavy (non-hydrogen) atoms. The lowest BCUT2D eigenvalue weighted by Gasteiger charge is -2.07. The summed E-state index contributed by atoms with van der Waals surface area (Å²) in [6.07, 6.45) is 2.27. The SMILES string of the molecule is COCS1=C(SC)N[C@H](OC)C1. The van der Waals surface area contributed by atoms with Crippen molar-refractivity contribution in [1.29, 1.82) is 0 Å². The molecule has 72 valence electrons. The summed E-state index contributed by atoms with van der Waals surface area (Å²) in [7, 11) is 3.70. The van der Waals surface area contributed by atoms with Crippen LogP contribution < -0.4 is 5.32 Å². The fraction of sp³-hybridized carbons (Fsp3) is 0.857. The third-order valence-electron chi connectivity index (χ3n) is 1.62. The van der Waals surface area contributed by atoms with E-state index in [4.69, 9.17) is 9.47 Å². The predicted molar refractivity (Wildman–Crippen MR) is 56.8 cm³/mol. The van der Waals surface area contributed by atoms with Gasteiger partial charge in [-0.2, -0.15) is 0 Å². The highest BCUT2D eigenvalue weighted by Crippen LogP contribution is 2.26. The third-order valence-corrected chi connectivity index (χ3v) is 5.19. The van der Waals surface area contributed by atoms with Crippen LogP contribution in [-0.2, 0) is 9.47 Å². The van der Waals surface area contributed by atoms with Gasteiger partial charge in [0, 0.05) is 20.0 Å². The van der Waals surface area contributed by atoms with E-state index in [-0.39, 0.29) is 16.7 Å². The number of hydrogen-bond donors (Lipinski definition) is 1. The van der Waals surface area contributed by atoms with Crippen molar-refractivity contribution in [3.05, 3.63) is 0 Å². The van der Waals surface area contributed by atoms with Crippen molar-refractivity contribution in [2.24, 2.45) is 0 Å². The van der Waals surface area contributed by atoms with Gasteiger partial charge in [0.1, 0.15) is 6.23 Å². The predicted octanol–water partition coefficient (Wildman–Crippen LogP) is 0.885. The summed E-state index contributed by atoms with van der Waals surface area (Å²) >= 11 is 1.76. The van der Waals surface area contributed by atoms with Gasteiger partial charge in [0.05, 0.1) is 10.3 Å². The summed E-state index contributed by atoms with van der Waals surface area (Å²) < 4.78 is 11.7. The Morgan fingerprint density at radius 2 is 2.42 bits per heavy atom. The molecule has 0 aromatic heterocycles. The maximum atomic E-state index is 5.23. The van der Waals surface area contributed by atoms with E-state index in [2.05, 4.69) is 11.6 Å². The lowest BCUT2D eigenvalue weighted by Crippen LogP contribution is -2.29. The molecule has 1 aliphatic rings. The number of nitrogens with one attached hydrogen (secondary N) is 1. The number of methoxy groups -OCH3 is 2. The van der Waals surface area contributed by atoms with Gasteiger partial charge in [0.2, 0.25) is 0 Å². The molecule has 1 heterocycles. The summed E-state index contributed by atoms with van der Waals surface area (Å²) in [5, 5.41) is 3.31. The highest BCUT2D eigenvalue weighted by molar-refractivity contribution is 8.33. The number of rotatable bonds is 3. The van der Waals surface area contributed by atoms with Crippen LogP contribution in [0, 0.1) is 0 Å². The highest BCUT2D eigenvalue weighted by Gasteiger charge is 2.21. The van der Waals surface area contributed by atoms with Gasteiger partial charge < -0.3 is 9.47 Å². The van der Waals surface area contributed by atoms with Gasteiger partial charge >= 0.3 is 0 Å². The fourth-order valence-electron chi connectivity index (χ4n) is 1.06. The van der Waals surface area contributed by atoms with Gasteiger partial charge in [-0.3, -0.25) is 5.32 Å². The molecule has 0 saturated heterocycles. The standard InChI is InChI=1S/C7H15NO2S2/c1-9-5-12-4-6(10-2)8-7(12)11-3/h6,8H,4-5H2,1-3H3/t6-,12?/m1/s1. The van der Waals surface area contributed by atoms with Crippen molar-refractivity contribution >= 4 is 26.6 Å². The molecule has 0 aliphatic carbocycles. The lowest BCUT2D eigenvalue weighted by molar-refractivity contribution is 0.113. The second-order valence-electron chi connectivity index (χ2n) is 2.43. The summed E-state index contributed by atoms with van der Waals surface area (Å²) in [5.41, 5.74) is 0. The fourth-order valence-corrected chi connectivity index (χ4v) is 4.13. The van der Waals surface area contributed by atoms with E-state index < -0.39 is 0 Å². The first kappa shape index (κ1) is 10.5. The Morgan fingerprint density at radius 1 is 1.67 bits per heavy atom. The number of hydrogen-bond acceptors (Lipinski definition) is 4. The first-order chi connectivity index (χ1) is 5.81. The van der Waals surface area contributed by atoms with Gasteiger partial charge in [-0.25, -0.2) is 0 Å². The van der Waals surface area contributed by atoms with Crippen LogP contribution in [0.5, 0.6) is 0 Å². The highest BCUT2D eigenvalue weighted by atomic mass is 32.2. The monoisotopic (exact) mass is 209 g/mol. The molecule has 0 saturated carbocycles. The molecule has 0 fully saturated rings. The third kappa shape index (κ3) is 2.47. The van der Waals surface area contributed by atoms with Crippen molar-refractivity contribution in [3.8, 4) is 0 Å². The van der Waals surface area contributed by atoms with E-state index in [0.29, 0.717) is 0 Å². The van der Waals surface area contributed by atoms with Crippen LogP contribution in [-0.4, -0.2) is 42.7 Å². The Kier molecular flexibility index (Phi) is 4.60. The topological polar surface area (TPSA) is 30.5 Å². The van der Waals surface area contributed by atoms with E-state index >= 15 is 0 Å². The van der Waals surface area contributed by atoms with Gasteiger partial charge in [0.15, 0.2) is 0 Å². The van der Waals surface area contributed by atoms with Crippen molar-refractivity contribution in [1.82, 2.24) is 5.32 Å². The van der Waals surface area contributed by atoms with Crippen molar-refractivity contribution in [2.75, 3.05) is 32.2 Å². The van der Waals surface area contributed by atoms with Gasteiger partial charge in [-0.05, 0) is 6.26 Å². The zero-order valence-electron chi connectivity index (χ0n) is 7.62. The molecule has 1 aliphatic heterocycles. The Morgan fingerprint density at radius 3 is 2.92 bits per heavy atom. The van der Waals surface area contributed by atoms with E-state index in [1.807, 2.05) is 0 Å². The minimum Gasteiger partial charge on any atom is -0.374 e. The second kappa shape index (κ2) is 5.24. The van der Waals surface area contributed by atoms with Gasteiger partial charge in [-0.1, -0.05) is 0 Å². The molecule has 0 aromatic rings. The zero-order valence-corrected chi connectivity index (χ0v) is 9.26. The maximum Gasteiger partial charge on any atom is 0.121 e. The average molecular weight is 209 g/mol. The molecule has 5 heteroatoms. The molecular formula is C7H15NO2S2. The maximum absolute atomic E-state index is 5.23. The first-order valence-electron chi connectivity index (χ1n) is 3.68. The van der Waals surface area contributed by atoms with Crippen LogP contribution in [0.3, 0.4) is 0 Å². The Hall–Kier alpha value is 0.450. The van der Waals surface area contributed by atoms with Crippen LogP contribution >= 0.6 is 22.2 Å². The molecular weight excluding hydrogens is 194 g/mol. The van der Waals surface area contributed by atoms with Crippen LogP contribution in [0.15, 0.2) is 0 Å². The molecule has 2 atom stereocenters. The largest absolute Gasteiger partial charge is 0.374 e. The molecule has 1 rings (SSSR count). The molecule has 3 nitrogen and oxygen atoms in total. The smallest absolute Gasteiger partial charge is 0.121 e. The zero-order chi connectivity index (χ0) is 8.97. The summed E-state index contributed by atoms with van der Waals surface area (Å²) in [6.45, 7) is 0. The summed E-state index contributed by atoms with van der Waals surface area (Å²) in [5.74, 6) is 1.85. The van der Waals surface area contributed by atoms with E-state index in [9.17, 15) is 0 Å². The number of thioether (sulfide) groups is 1. The van der Waals surface area contributed by atoms with Gasteiger partial charge in [0.25, 0.3) is 0 Å². The number of ether oxygens (including phenoxy) is 2. The first-order valence-corrected chi connectivity index (χ1v) is 6.47. The lowest BCUT2D eigenvalue weighted by atomic mass is 10.7. The van der Waals surface area contributed by atoms with Crippen LogP contribution in [0.4, 0.5) is 0 Å². The van der Waals surface area contributed by atoms with Crippen molar-refractivity contribution in [2.45, 2.75) is 6.23 Å². The minimum atomic E-state index is 0.186. The molecule has 1 N–H and O–H groups in total. The van der Waals surface area contributed by atoms with E-state index in [0.717, 1.165) is 11.7 Å². The second-order valence-corrected chi connectivity index (χ2v) is 5.46. The van der Waals surface area contributed by atoms with E-state index in [1.165, 1.54) is 4.32 Å². The normalized spacial score (nSPS) is 29.8.